The van der Waals surface area contributed by atoms with Crippen LogP contribution in [0.4, 0.5) is 13.2 Å². The van der Waals surface area contributed by atoms with Crippen LogP contribution in [0.1, 0.15) is 11.1 Å². The molecule has 0 amide bonds. The molecule has 4 nitrogen and oxygen atoms in total. The largest absolute Gasteiger partial charge is 0.872 e. The molecule has 7 heteroatoms. The number of hydrogen-bond donors (Lipinski definition) is 0. The molecule has 1 rings (SSSR count). The molecular formula is C12H8F3O4-. The minimum atomic E-state index is -4.51. The molecule has 19 heavy (non-hydrogen) atoms. The number of hydrogen-bond acceptors (Lipinski definition) is 4. The Hall–Kier alpha value is -2.31. The van der Waals surface area contributed by atoms with Crippen molar-refractivity contribution in [1.82, 2.24) is 0 Å². The lowest BCUT2D eigenvalue weighted by Gasteiger charge is -2.13. The number of carbonyl (C=O) groups excluding carboxylic acids is 2. The summed E-state index contributed by atoms with van der Waals surface area (Å²) in [5.74, 6) is -3.27. The van der Waals surface area contributed by atoms with Gasteiger partial charge in [-0.3, -0.25) is 4.79 Å². The lowest BCUT2D eigenvalue weighted by atomic mass is 10.1. The van der Waals surface area contributed by atoms with E-state index in [-0.39, 0.29) is 5.56 Å². The van der Waals surface area contributed by atoms with Crippen molar-refractivity contribution >= 4 is 17.5 Å². The van der Waals surface area contributed by atoms with Gasteiger partial charge in [-0.05, 0) is 23.8 Å². The Balaban J connectivity index is 2.96. The van der Waals surface area contributed by atoms with Crippen molar-refractivity contribution in [2.75, 3.05) is 7.11 Å². The van der Waals surface area contributed by atoms with Crippen molar-refractivity contribution in [3.05, 3.63) is 41.5 Å². The molecular weight excluding hydrogens is 265 g/mol. The van der Waals surface area contributed by atoms with Crippen LogP contribution in [0.3, 0.4) is 0 Å². The summed E-state index contributed by atoms with van der Waals surface area (Å²) in [6.07, 6.45) is -4.04. The first-order valence-electron chi connectivity index (χ1n) is 4.94. The molecule has 102 valence electrons. The third-order valence-electron chi connectivity index (χ3n) is 2.15. The van der Waals surface area contributed by atoms with E-state index in [1.165, 1.54) is 0 Å². The van der Waals surface area contributed by atoms with Crippen LogP contribution in [0.25, 0.3) is 5.76 Å². The van der Waals surface area contributed by atoms with Gasteiger partial charge in [-0.2, -0.15) is 13.2 Å². The lowest BCUT2D eigenvalue weighted by molar-refractivity contribution is -0.244. The number of ether oxygens (including phenoxy) is 1. The first-order chi connectivity index (χ1) is 8.75. The number of esters is 1. The van der Waals surface area contributed by atoms with Crippen molar-refractivity contribution in [2.24, 2.45) is 0 Å². The third kappa shape index (κ3) is 3.84. The van der Waals surface area contributed by atoms with Crippen LogP contribution in [0.2, 0.25) is 0 Å². The Morgan fingerprint density at radius 1 is 1.21 bits per heavy atom. The second kappa shape index (κ2) is 5.55. The quantitative estimate of drug-likeness (QED) is 0.358. The number of carbonyl (C=O) groups is 2. The Bertz CT molecular complexity index is 515. The topological polar surface area (TPSA) is 66.4 Å². The van der Waals surface area contributed by atoms with Crippen molar-refractivity contribution in [3.8, 4) is 0 Å². The van der Waals surface area contributed by atoms with E-state index in [4.69, 9.17) is 0 Å². The predicted octanol–water partition coefficient (Wildman–Crippen LogP) is 1.15. The minimum absolute atomic E-state index is 0.134. The van der Waals surface area contributed by atoms with E-state index < -0.39 is 29.3 Å². The molecule has 0 aliphatic heterocycles. The van der Waals surface area contributed by atoms with Crippen LogP contribution >= 0.6 is 0 Å². The summed E-state index contributed by atoms with van der Waals surface area (Å²) < 4.78 is 40.9. The van der Waals surface area contributed by atoms with Crippen molar-refractivity contribution in [3.63, 3.8) is 0 Å². The molecule has 0 radical (unpaired) electrons. The van der Waals surface area contributed by atoms with Gasteiger partial charge in [-0.15, -0.1) is 0 Å². The summed E-state index contributed by atoms with van der Waals surface area (Å²) in [5, 5.41) is 11.5. The smallest absolute Gasteiger partial charge is 0.416 e. The van der Waals surface area contributed by atoms with E-state index in [0.717, 1.165) is 19.2 Å². The summed E-state index contributed by atoms with van der Waals surface area (Å²) in [7, 11) is 0.969. The van der Waals surface area contributed by atoms with E-state index in [2.05, 4.69) is 4.74 Å². The SMILES string of the molecule is COC(=O)C(=O)C=C([O-])c1ccc(C(F)(F)F)cc1. The van der Waals surface area contributed by atoms with Gasteiger partial charge >= 0.3 is 12.1 Å². The number of methoxy groups -OCH3 is 1. The number of ketones is 1. The Morgan fingerprint density at radius 3 is 2.16 bits per heavy atom. The van der Waals surface area contributed by atoms with Crippen LogP contribution in [0, 0.1) is 0 Å². The van der Waals surface area contributed by atoms with Gasteiger partial charge in [0, 0.05) is 0 Å². The molecule has 0 unspecified atom stereocenters. The van der Waals surface area contributed by atoms with Crippen molar-refractivity contribution < 1.29 is 32.6 Å². The second-order valence-corrected chi connectivity index (χ2v) is 3.44. The van der Waals surface area contributed by atoms with Crippen molar-refractivity contribution in [2.45, 2.75) is 6.18 Å². The summed E-state index contributed by atoms with van der Waals surface area (Å²) in [4.78, 5) is 21.8. The number of alkyl halides is 3. The monoisotopic (exact) mass is 273 g/mol. The third-order valence-corrected chi connectivity index (χ3v) is 2.15. The average Bonchev–Trinajstić information content (AvgIpc) is 2.36. The Kier molecular flexibility index (Phi) is 4.31. The van der Waals surface area contributed by atoms with Gasteiger partial charge in [0.1, 0.15) is 0 Å². The molecule has 1 aromatic rings. The maximum Gasteiger partial charge on any atom is 0.416 e. The second-order valence-electron chi connectivity index (χ2n) is 3.44. The Labute approximate surface area is 106 Å². The highest BCUT2D eigenvalue weighted by molar-refractivity contribution is 6.39. The van der Waals surface area contributed by atoms with Gasteiger partial charge in [-0.1, -0.05) is 17.9 Å². The molecule has 0 bridgehead atoms. The summed E-state index contributed by atoms with van der Waals surface area (Å²) in [6, 6.07) is 3.27. The van der Waals surface area contributed by atoms with Gasteiger partial charge in [0.2, 0.25) is 0 Å². The highest BCUT2D eigenvalue weighted by Crippen LogP contribution is 2.29. The highest BCUT2D eigenvalue weighted by atomic mass is 19.4. The molecule has 1 aromatic carbocycles. The molecule has 0 heterocycles. The molecule has 0 saturated heterocycles. The molecule has 0 aromatic heterocycles. The summed E-state index contributed by atoms with van der Waals surface area (Å²) in [5.41, 5.74) is -1.05. The summed E-state index contributed by atoms with van der Waals surface area (Å²) >= 11 is 0. The molecule has 0 aliphatic rings. The summed E-state index contributed by atoms with van der Waals surface area (Å²) in [6.45, 7) is 0. The zero-order chi connectivity index (χ0) is 14.6. The van der Waals surface area contributed by atoms with Gasteiger partial charge in [0.25, 0.3) is 5.78 Å². The maximum absolute atomic E-state index is 12.3. The zero-order valence-corrected chi connectivity index (χ0v) is 9.65. The molecule has 0 spiro atoms. The van der Waals surface area contributed by atoms with Gasteiger partial charge in [-0.25, -0.2) is 4.79 Å². The predicted molar refractivity (Wildman–Crippen MR) is 56.4 cm³/mol. The average molecular weight is 273 g/mol. The van der Waals surface area contributed by atoms with Crippen LogP contribution in [-0.2, 0) is 20.5 Å². The lowest BCUT2D eigenvalue weighted by Crippen LogP contribution is -2.15. The maximum atomic E-state index is 12.3. The fourth-order valence-electron chi connectivity index (χ4n) is 1.19. The van der Waals surface area contributed by atoms with Crippen LogP contribution in [-0.4, -0.2) is 18.9 Å². The van der Waals surface area contributed by atoms with Crippen molar-refractivity contribution in [1.29, 1.82) is 0 Å². The standard InChI is InChI=1S/C12H9F3O4/c1-19-11(18)10(17)6-9(16)7-2-4-8(5-3-7)12(13,14)15/h2-6,16H,1H3/p-1. The molecule has 0 N–H and O–H groups in total. The number of halogens is 3. The van der Waals surface area contributed by atoms with Gasteiger partial charge < -0.3 is 9.84 Å². The molecule has 0 atom stereocenters. The van der Waals surface area contributed by atoms with Crippen LogP contribution in [0.5, 0.6) is 0 Å². The molecule has 0 saturated carbocycles. The van der Waals surface area contributed by atoms with Gasteiger partial charge in [0.05, 0.1) is 12.7 Å². The zero-order valence-electron chi connectivity index (χ0n) is 9.65. The van der Waals surface area contributed by atoms with Gasteiger partial charge in [0.15, 0.2) is 0 Å². The van der Waals surface area contributed by atoms with E-state index in [0.29, 0.717) is 18.2 Å². The fourth-order valence-corrected chi connectivity index (χ4v) is 1.19. The van der Waals surface area contributed by atoms with E-state index >= 15 is 0 Å². The molecule has 0 fully saturated rings. The van der Waals surface area contributed by atoms with E-state index in [9.17, 15) is 27.9 Å². The fraction of sp³-hybridized carbons (Fsp3) is 0.167. The van der Waals surface area contributed by atoms with Crippen LogP contribution in [0.15, 0.2) is 30.3 Å². The number of rotatable bonds is 3. The van der Waals surface area contributed by atoms with E-state index in [1.54, 1.807) is 0 Å². The molecule has 0 aliphatic carbocycles. The Morgan fingerprint density at radius 2 is 1.74 bits per heavy atom. The number of benzene rings is 1. The first-order valence-corrected chi connectivity index (χ1v) is 4.94. The normalized spacial score (nSPS) is 12.1. The van der Waals surface area contributed by atoms with Crippen LogP contribution < -0.4 is 5.11 Å². The highest BCUT2D eigenvalue weighted by Gasteiger charge is 2.29. The van der Waals surface area contributed by atoms with E-state index in [1.807, 2.05) is 0 Å². The first kappa shape index (κ1) is 14.7. The minimum Gasteiger partial charge on any atom is -0.872 e.